The fraction of sp³-hybridized carbons (Fsp3) is 0.227. The third-order valence-corrected chi connectivity index (χ3v) is 4.19. The lowest BCUT2D eigenvalue weighted by Gasteiger charge is -2.23. The molecule has 0 fully saturated rings. The maximum absolute atomic E-state index is 13.8. The van der Waals surface area contributed by atoms with Gasteiger partial charge in [-0.05, 0) is 42.2 Å². The Morgan fingerprint density at radius 3 is 2.29 bits per heavy atom. The van der Waals surface area contributed by atoms with Gasteiger partial charge >= 0.3 is 0 Å². The average Bonchev–Trinajstić information content (AvgIpc) is 2.62. The lowest BCUT2D eigenvalue weighted by molar-refractivity contribution is 0.102. The molecule has 0 bridgehead atoms. The highest BCUT2D eigenvalue weighted by Crippen LogP contribution is 2.30. The lowest BCUT2D eigenvalue weighted by Crippen LogP contribution is -2.17. The van der Waals surface area contributed by atoms with Crippen LogP contribution in [0.5, 0.6) is 0 Å². The van der Waals surface area contributed by atoms with E-state index in [1.807, 2.05) is 24.3 Å². The number of para-hydroxylation sites is 2. The summed E-state index contributed by atoms with van der Waals surface area (Å²) in [4.78, 5) is 21.3. The molecule has 2 N–H and O–H groups in total. The number of benzene rings is 2. The van der Waals surface area contributed by atoms with Crippen molar-refractivity contribution in [3.8, 4) is 0 Å². The first-order chi connectivity index (χ1) is 13.2. The molecule has 0 aliphatic carbocycles. The Labute approximate surface area is 164 Å². The standard InChI is InChI=1S/C22H23FN4O/c1-14-13-19(20(28)25-18-12-8-6-10-16(18)23)27-21(24-14)26-17-11-7-5-9-15(17)22(2,3)4/h5-13H,1-4H3,(H,25,28)(H,24,26,27). The second-order valence-corrected chi connectivity index (χ2v) is 7.57. The van der Waals surface area contributed by atoms with Gasteiger partial charge in [-0.15, -0.1) is 0 Å². The molecule has 0 aliphatic rings. The number of carbonyl (C=O) groups is 1. The molecule has 0 spiro atoms. The number of amides is 1. The van der Waals surface area contributed by atoms with E-state index in [1.165, 1.54) is 12.1 Å². The Morgan fingerprint density at radius 1 is 0.964 bits per heavy atom. The number of hydrogen-bond donors (Lipinski definition) is 2. The zero-order valence-electron chi connectivity index (χ0n) is 16.4. The quantitative estimate of drug-likeness (QED) is 0.653. The Bertz CT molecular complexity index is 1010. The van der Waals surface area contributed by atoms with Crippen molar-refractivity contribution in [1.82, 2.24) is 9.97 Å². The Hall–Kier alpha value is -3.28. The number of halogens is 1. The molecule has 3 aromatic rings. The number of hydrogen-bond acceptors (Lipinski definition) is 4. The summed E-state index contributed by atoms with van der Waals surface area (Å²) in [6, 6.07) is 15.5. The molecule has 2 aromatic carbocycles. The number of aryl methyl sites for hydroxylation is 1. The van der Waals surface area contributed by atoms with Crippen molar-refractivity contribution < 1.29 is 9.18 Å². The van der Waals surface area contributed by atoms with Gasteiger partial charge in [0.2, 0.25) is 5.95 Å². The molecule has 6 heteroatoms. The van der Waals surface area contributed by atoms with Gasteiger partial charge in [-0.25, -0.2) is 14.4 Å². The molecule has 144 valence electrons. The molecule has 1 heterocycles. The summed E-state index contributed by atoms with van der Waals surface area (Å²) < 4.78 is 13.8. The van der Waals surface area contributed by atoms with Crippen molar-refractivity contribution in [3.63, 3.8) is 0 Å². The highest BCUT2D eigenvalue weighted by molar-refractivity contribution is 6.03. The van der Waals surface area contributed by atoms with E-state index in [9.17, 15) is 9.18 Å². The van der Waals surface area contributed by atoms with Gasteiger partial charge in [0.05, 0.1) is 5.69 Å². The number of nitrogens with one attached hydrogen (secondary N) is 2. The van der Waals surface area contributed by atoms with Crippen LogP contribution in [-0.2, 0) is 5.41 Å². The fourth-order valence-corrected chi connectivity index (χ4v) is 2.86. The van der Waals surface area contributed by atoms with Crippen molar-refractivity contribution in [3.05, 3.63) is 77.4 Å². The molecule has 1 aromatic heterocycles. The number of nitrogens with zero attached hydrogens (tertiary/aromatic N) is 2. The van der Waals surface area contributed by atoms with Crippen molar-refractivity contribution in [2.75, 3.05) is 10.6 Å². The van der Waals surface area contributed by atoms with Crippen molar-refractivity contribution >= 4 is 23.2 Å². The Morgan fingerprint density at radius 2 is 1.61 bits per heavy atom. The van der Waals surface area contributed by atoms with Crippen LogP contribution in [0, 0.1) is 12.7 Å². The third-order valence-electron chi connectivity index (χ3n) is 4.19. The van der Waals surface area contributed by atoms with Gasteiger partial charge in [-0.1, -0.05) is 51.1 Å². The van der Waals surface area contributed by atoms with Gasteiger partial charge in [-0.2, -0.15) is 0 Å². The maximum atomic E-state index is 13.8. The number of anilines is 3. The minimum atomic E-state index is -0.501. The van der Waals surface area contributed by atoms with E-state index in [-0.39, 0.29) is 16.8 Å². The monoisotopic (exact) mass is 378 g/mol. The lowest BCUT2D eigenvalue weighted by atomic mass is 9.86. The zero-order valence-corrected chi connectivity index (χ0v) is 16.4. The van der Waals surface area contributed by atoms with Gasteiger partial charge in [0.1, 0.15) is 11.5 Å². The van der Waals surface area contributed by atoms with Crippen LogP contribution in [-0.4, -0.2) is 15.9 Å². The minimum absolute atomic E-state index is 0.0710. The van der Waals surface area contributed by atoms with Crippen molar-refractivity contribution in [2.24, 2.45) is 0 Å². The third kappa shape index (κ3) is 4.52. The SMILES string of the molecule is Cc1cc(C(=O)Nc2ccccc2F)nc(Nc2ccccc2C(C)(C)C)n1. The van der Waals surface area contributed by atoms with E-state index in [4.69, 9.17) is 0 Å². The van der Waals surface area contributed by atoms with Crippen LogP contribution in [0.25, 0.3) is 0 Å². The number of aromatic nitrogens is 2. The van der Waals surface area contributed by atoms with Crippen LogP contribution in [0.2, 0.25) is 0 Å². The van der Waals surface area contributed by atoms with Crippen molar-refractivity contribution in [2.45, 2.75) is 33.1 Å². The molecule has 28 heavy (non-hydrogen) atoms. The number of rotatable bonds is 4. The van der Waals surface area contributed by atoms with Crippen molar-refractivity contribution in [1.29, 1.82) is 0 Å². The van der Waals surface area contributed by atoms with Crippen LogP contribution in [0.4, 0.5) is 21.7 Å². The second-order valence-electron chi connectivity index (χ2n) is 7.57. The second kappa shape index (κ2) is 7.76. The first kappa shape index (κ1) is 19.5. The molecule has 0 unspecified atom stereocenters. The molecule has 3 rings (SSSR count). The van der Waals surface area contributed by atoms with Gasteiger partial charge in [0.25, 0.3) is 5.91 Å². The predicted octanol–water partition coefficient (Wildman–Crippen LogP) is 5.22. The molecule has 0 saturated heterocycles. The molecule has 5 nitrogen and oxygen atoms in total. The van der Waals surface area contributed by atoms with Gasteiger partial charge in [-0.3, -0.25) is 4.79 Å². The fourth-order valence-electron chi connectivity index (χ4n) is 2.86. The van der Waals surface area contributed by atoms with Crippen LogP contribution >= 0.6 is 0 Å². The summed E-state index contributed by atoms with van der Waals surface area (Å²) in [5.41, 5.74) is 2.81. The molecule has 0 atom stereocenters. The average molecular weight is 378 g/mol. The smallest absolute Gasteiger partial charge is 0.274 e. The predicted molar refractivity (Wildman–Crippen MR) is 110 cm³/mol. The van der Waals surface area contributed by atoms with Crippen LogP contribution in [0.1, 0.15) is 42.5 Å². The Balaban J connectivity index is 1.89. The maximum Gasteiger partial charge on any atom is 0.274 e. The summed E-state index contributed by atoms with van der Waals surface area (Å²) >= 11 is 0. The van der Waals surface area contributed by atoms with Gasteiger partial charge < -0.3 is 10.6 Å². The summed E-state index contributed by atoms with van der Waals surface area (Å²) in [6.45, 7) is 8.15. The summed E-state index contributed by atoms with van der Waals surface area (Å²) in [5, 5.41) is 5.76. The molecule has 0 aliphatic heterocycles. The highest BCUT2D eigenvalue weighted by atomic mass is 19.1. The first-order valence-corrected chi connectivity index (χ1v) is 9.02. The van der Waals surface area contributed by atoms with E-state index in [0.29, 0.717) is 11.6 Å². The van der Waals surface area contributed by atoms with E-state index < -0.39 is 11.7 Å². The summed E-state index contributed by atoms with van der Waals surface area (Å²) in [5.74, 6) is -0.683. The normalized spacial score (nSPS) is 11.2. The molecular weight excluding hydrogens is 355 g/mol. The van der Waals surface area contributed by atoms with Gasteiger partial charge in [0.15, 0.2) is 0 Å². The van der Waals surface area contributed by atoms with Gasteiger partial charge in [0, 0.05) is 11.4 Å². The number of carbonyl (C=O) groups excluding carboxylic acids is 1. The Kier molecular flexibility index (Phi) is 5.40. The molecule has 1 amide bonds. The van der Waals surface area contributed by atoms with E-state index in [0.717, 1.165) is 11.3 Å². The van der Waals surface area contributed by atoms with Crippen LogP contribution in [0.15, 0.2) is 54.6 Å². The first-order valence-electron chi connectivity index (χ1n) is 9.02. The largest absolute Gasteiger partial charge is 0.324 e. The molecule has 0 radical (unpaired) electrons. The highest BCUT2D eigenvalue weighted by Gasteiger charge is 2.19. The topological polar surface area (TPSA) is 66.9 Å². The van der Waals surface area contributed by atoms with Crippen LogP contribution in [0.3, 0.4) is 0 Å². The van der Waals surface area contributed by atoms with E-state index >= 15 is 0 Å². The summed E-state index contributed by atoms with van der Waals surface area (Å²) in [7, 11) is 0. The zero-order chi connectivity index (χ0) is 20.3. The van der Waals surface area contributed by atoms with Crippen LogP contribution < -0.4 is 10.6 Å². The summed E-state index contributed by atoms with van der Waals surface area (Å²) in [6.07, 6.45) is 0. The molecule has 0 saturated carbocycles. The molecular formula is C22H23FN4O. The van der Waals surface area contributed by atoms with E-state index in [2.05, 4.69) is 41.4 Å². The minimum Gasteiger partial charge on any atom is -0.324 e. The van der Waals surface area contributed by atoms with E-state index in [1.54, 1.807) is 25.1 Å².